The highest BCUT2D eigenvalue weighted by Gasteiger charge is 2.26. The van der Waals surface area contributed by atoms with Crippen molar-refractivity contribution in [3.8, 4) is 73.1 Å². The lowest BCUT2D eigenvalue weighted by Crippen LogP contribution is -2.00. The Morgan fingerprint density at radius 3 is 1.49 bits per heavy atom. The van der Waals surface area contributed by atoms with Crippen molar-refractivity contribution in [2.24, 2.45) is 0 Å². The van der Waals surface area contributed by atoms with Crippen molar-refractivity contribution < 1.29 is 4.42 Å². The van der Waals surface area contributed by atoms with Gasteiger partial charge in [0, 0.05) is 39.9 Å². The Bertz CT molecular complexity index is 3860. The van der Waals surface area contributed by atoms with Gasteiger partial charge in [0.25, 0.3) is 0 Å². The van der Waals surface area contributed by atoms with E-state index < -0.39 is 0 Å². The molecule has 12 aromatic rings. The van der Waals surface area contributed by atoms with Gasteiger partial charge in [0.15, 0.2) is 0 Å². The maximum Gasteiger partial charge on any atom is 0.248 e. The zero-order valence-electron chi connectivity index (χ0n) is 36.5. The molecule has 0 unspecified atom stereocenters. The summed E-state index contributed by atoms with van der Waals surface area (Å²) in [4.78, 5) is 0. The largest absolute Gasteiger partial charge is 0.416 e. The molecular formula is C63H41N3O. The number of aromatic nitrogens is 3. The van der Waals surface area contributed by atoms with Gasteiger partial charge < -0.3 is 8.98 Å². The normalized spacial score (nSPS) is 12.2. The quantitative estimate of drug-likeness (QED) is 0.153. The van der Waals surface area contributed by atoms with E-state index in [1.165, 1.54) is 82.7 Å². The van der Waals surface area contributed by atoms with E-state index in [4.69, 9.17) is 4.42 Å². The zero-order chi connectivity index (χ0) is 44.3. The van der Waals surface area contributed by atoms with Crippen LogP contribution in [-0.4, -0.2) is 14.8 Å². The van der Waals surface area contributed by atoms with Crippen molar-refractivity contribution >= 4 is 44.1 Å². The molecule has 0 amide bonds. The van der Waals surface area contributed by atoms with Crippen molar-refractivity contribution in [2.75, 3.05) is 0 Å². The van der Waals surface area contributed by atoms with Gasteiger partial charge in [0.1, 0.15) is 0 Å². The molecule has 0 radical (unpaired) electrons. The van der Waals surface area contributed by atoms with E-state index in [1.807, 2.05) is 30.3 Å². The molecule has 10 aromatic carbocycles. The van der Waals surface area contributed by atoms with Crippen LogP contribution in [0, 0.1) is 0 Å². The third-order valence-electron chi connectivity index (χ3n) is 13.5. The van der Waals surface area contributed by atoms with Crippen LogP contribution in [-0.2, 0) is 6.42 Å². The van der Waals surface area contributed by atoms with Crippen LogP contribution in [0.1, 0.15) is 16.8 Å². The molecule has 0 atom stereocenters. The minimum absolute atomic E-state index is 0.498. The summed E-state index contributed by atoms with van der Waals surface area (Å²) in [6.45, 7) is 0. The summed E-state index contributed by atoms with van der Waals surface area (Å²) in [5.41, 5.74) is 18.8. The highest BCUT2D eigenvalue weighted by atomic mass is 16.4. The van der Waals surface area contributed by atoms with Crippen molar-refractivity contribution in [2.45, 2.75) is 6.42 Å². The van der Waals surface area contributed by atoms with E-state index in [9.17, 15) is 0 Å². The van der Waals surface area contributed by atoms with Crippen molar-refractivity contribution in [1.29, 1.82) is 0 Å². The van der Waals surface area contributed by atoms with Gasteiger partial charge in [-0.3, -0.25) is 0 Å². The number of fused-ring (bicyclic) bond motifs is 5. The maximum atomic E-state index is 6.08. The van der Waals surface area contributed by atoms with Crippen LogP contribution in [0.2, 0.25) is 0 Å². The molecule has 4 nitrogen and oxygen atoms in total. The van der Waals surface area contributed by atoms with E-state index in [0.29, 0.717) is 11.8 Å². The van der Waals surface area contributed by atoms with E-state index in [0.717, 1.165) is 39.9 Å². The number of hydrogen-bond acceptors (Lipinski definition) is 3. The fourth-order valence-corrected chi connectivity index (χ4v) is 10.3. The average molecular weight is 856 g/mol. The van der Waals surface area contributed by atoms with Gasteiger partial charge in [-0.1, -0.05) is 182 Å². The first-order valence-electron chi connectivity index (χ1n) is 22.8. The number of benzene rings is 10. The number of nitrogens with zero attached hydrogens (tertiary/aromatic N) is 3. The van der Waals surface area contributed by atoms with Gasteiger partial charge in [-0.05, 0) is 132 Å². The second-order valence-corrected chi connectivity index (χ2v) is 17.3. The third-order valence-corrected chi connectivity index (χ3v) is 13.5. The molecule has 4 heteroatoms. The standard InChI is InChI=1S/C63H41N3O/c1-2-16-45(17-3-1)62-64-65-63(67-62)46-30-28-43(29-31-46)52-22-8-10-24-56(52)57-25-11-9-23-53(57)44-32-35-49(36-33-44)66-60-37-34-47(54-26-12-18-41-14-4-6-20-50(41)54)38-58(60)59-39-48(40-61(59)66)55-27-13-19-42-15-5-7-21-51(42)55/h1-39H,40H2. The molecule has 67 heavy (non-hydrogen) atoms. The lowest BCUT2D eigenvalue weighted by atomic mass is 9.89. The van der Waals surface area contributed by atoms with Gasteiger partial charge in [-0.15, -0.1) is 10.2 Å². The summed E-state index contributed by atoms with van der Waals surface area (Å²) in [6.07, 6.45) is 3.29. The molecule has 0 N–H and O–H groups in total. The second kappa shape index (κ2) is 16.0. The molecule has 0 bridgehead atoms. The van der Waals surface area contributed by atoms with E-state index in [1.54, 1.807) is 0 Å². The minimum atomic E-state index is 0.498. The molecule has 0 spiro atoms. The first-order chi connectivity index (χ1) is 33.2. The van der Waals surface area contributed by atoms with Gasteiger partial charge in [0.2, 0.25) is 11.8 Å². The SMILES string of the molecule is C1=C(c2cccc3ccccc23)Cc2c1c1cc(-c3cccc4ccccc34)ccc1n2-c1ccc(-c2ccccc2-c2ccccc2-c2ccc(-c3nnc(-c4ccccc4)o3)cc2)cc1. The summed E-state index contributed by atoms with van der Waals surface area (Å²) in [5.74, 6) is 1.01. The summed E-state index contributed by atoms with van der Waals surface area (Å²) in [7, 11) is 0. The molecule has 0 saturated heterocycles. The predicted octanol–water partition coefficient (Wildman–Crippen LogP) is 16.4. The molecule has 0 aliphatic heterocycles. The molecule has 314 valence electrons. The van der Waals surface area contributed by atoms with Crippen LogP contribution in [0.3, 0.4) is 0 Å². The van der Waals surface area contributed by atoms with Crippen LogP contribution in [0.5, 0.6) is 0 Å². The Labute approximate surface area is 388 Å². The van der Waals surface area contributed by atoms with Crippen LogP contribution >= 0.6 is 0 Å². The Kier molecular flexibility index (Phi) is 9.21. The predicted molar refractivity (Wildman–Crippen MR) is 277 cm³/mol. The zero-order valence-corrected chi connectivity index (χ0v) is 36.5. The van der Waals surface area contributed by atoms with Gasteiger partial charge in [-0.2, -0.15) is 0 Å². The summed E-state index contributed by atoms with van der Waals surface area (Å²) in [6, 6.07) is 82.6. The maximum absolute atomic E-state index is 6.08. The smallest absolute Gasteiger partial charge is 0.248 e. The van der Waals surface area contributed by atoms with Crippen molar-refractivity contribution in [3.63, 3.8) is 0 Å². The molecule has 2 aromatic heterocycles. The van der Waals surface area contributed by atoms with Crippen molar-refractivity contribution in [3.05, 3.63) is 247 Å². The van der Waals surface area contributed by atoms with Gasteiger partial charge in [-0.25, -0.2) is 0 Å². The van der Waals surface area contributed by atoms with Crippen LogP contribution in [0.15, 0.2) is 235 Å². The third kappa shape index (κ3) is 6.69. The summed E-state index contributed by atoms with van der Waals surface area (Å²) in [5, 5.41) is 15.0. The lowest BCUT2D eigenvalue weighted by molar-refractivity contribution is 0.584. The van der Waals surface area contributed by atoms with Crippen molar-refractivity contribution in [1.82, 2.24) is 14.8 Å². The number of rotatable bonds is 8. The minimum Gasteiger partial charge on any atom is -0.416 e. The first-order valence-corrected chi connectivity index (χ1v) is 22.8. The molecule has 2 heterocycles. The van der Waals surface area contributed by atoms with E-state index in [2.05, 4.69) is 221 Å². The van der Waals surface area contributed by atoms with E-state index >= 15 is 0 Å². The number of allylic oxidation sites excluding steroid dienone is 1. The summed E-state index contributed by atoms with van der Waals surface area (Å²) >= 11 is 0. The van der Waals surface area contributed by atoms with Gasteiger partial charge >= 0.3 is 0 Å². The topological polar surface area (TPSA) is 43.9 Å². The second-order valence-electron chi connectivity index (χ2n) is 17.3. The lowest BCUT2D eigenvalue weighted by Gasteiger charge is -2.16. The fraction of sp³-hybridized carbons (Fsp3) is 0.0159. The monoisotopic (exact) mass is 855 g/mol. The van der Waals surface area contributed by atoms with E-state index in [-0.39, 0.29) is 0 Å². The molecule has 1 aliphatic carbocycles. The Hall–Kier alpha value is -8.86. The Morgan fingerprint density at radius 2 is 0.836 bits per heavy atom. The molecule has 0 fully saturated rings. The first kappa shape index (κ1) is 38.6. The Morgan fingerprint density at radius 1 is 0.358 bits per heavy atom. The highest BCUT2D eigenvalue weighted by molar-refractivity contribution is 6.08. The van der Waals surface area contributed by atoms with Crippen LogP contribution < -0.4 is 0 Å². The van der Waals surface area contributed by atoms with Crippen LogP contribution in [0.4, 0.5) is 0 Å². The summed E-state index contributed by atoms with van der Waals surface area (Å²) < 4.78 is 8.58. The molecular weight excluding hydrogens is 815 g/mol. The fourth-order valence-electron chi connectivity index (χ4n) is 10.3. The number of hydrogen-bond donors (Lipinski definition) is 0. The average Bonchev–Trinajstić information content (AvgIpc) is 4.15. The van der Waals surface area contributed by atoms with Crippen LogP contribution in [0.25, 0.3) is 117 Å². The van der Waals surface area contributed by atoms with Gasteiger partial charge in [0.05, 0.1) is 5.52 Å². The highest BCUT2D eigenvalue weighted by Crippen LogP contribution is 2.44. The molecule has 13 rings (SSSR count). The molecule has 1 aliphatic rings. The Balaban J connectivity index is 0.873. The molecule has 0 saturated carbocycles.